The molecule has 2 N–H and O–H groups in total. The van der Waals surface area contributed by atoms with Crippen LogP contribution in [0.4, 0.5) is 5.69 Å². The predicted octanol–water partition coefficient (Wildman–Crippen LogP) is 2.95. The van der Waals surface area contributed by atoms with E-state index in [0.29, 0.717) is 5.76 Å². The highest BCUT2D eigenvalue weighted by molar-refractivity contribution is 5.94. The van der Waals surface area contributed by atoms with E-state index < -0.39 is 0 Å². The number of aryl methyl sites for hydroxylation is 3. The van der Waals surface area contributed by atoms with Crippen LogP contribution >= 0.6 is 0 Å². The number of hydrogen-bond acceptors (Lipinski definition) is 4. The van der Waals surface area contributed by atoms with Gasteiger partial charge in [-0.05, 0) is 58.0 Å². The normalized spacial score (nSPS) is 12.1. The number of carbonyl (C=O) groups is 2. The van der Waals surface area contributed by atoms with Crippen molar-refractivity contribution in [2.45, 2.75) is 33.7 Å². The van der Waals surface area contributed by atoms with E-state index in [2.05, 4.69) is 10.6 Å². The molecule has 2 amide bonds. The highest BCUT2D eigenvalue weighted by atomic mass is 16.3. The molecular weight excluding hydrogens is 330 g/mol. The van der Waals surface area contributed by atoms with Gasteiger partial charge >= 0.3 is 0 Å². The summed E-state index contributed by atoms with van der Waals surface area (Å²) in [7, 11) is 1.74. The Morgan fingerprint density at radius 3 is 2.31 bits per heavy atom. The molecule has 1 aromatic carbocycles. The van der Waals surface area contributed by atoms with Gasteiger partial charge in [-0.1, -0.05) is 17.7 Å². The lowest BCUT2D eigenvalue weighted by Crippen LogP contribution is -2.39. The number of rotatable bonds is 7. The second-order valence-corrected chi connectivity index (χ2v) is 6.80. The summed E-state index contributed by atoms with van der Waals surface area (Å²) in [5.74, 6) is 0.394. The number of likely N-dealkylation sites (N-methyl/N-ethyl adjacent to an activating group) is 1. The van der Waals surface area contributed by atoms with Gasteiger partial charge in [0.1, 0.15) is 5.76 Å². The largest absolute Gasteiger partial charge is 0.467 e. The van der Waals surface area contributed by atoms with Crippen molar-refractivity contribution in [1.82, 2.24) is 10.2 Å². The summed E-state index contributed by atoms with van der Waals surface area (Å²) < 4.78 is 5.27. The van der Waals surface area contributed by atoms with Crippen molar-refractivity contribution in [3.8, 4) is 0 Å². The molecule has 1 atom stereocenters. The minimum Gasteiger partial charge on any atom is -0.467 e. The fourth-order valence-electron chi connectivity index (χ4n) is 3.00. The number of hydrogen-bond donors (Lipinski definition) is 2. The molecule has 0 radical (unpaired) electrons. The van der Waals surface area contributed by atoms with Crippen molar-refractivity contribution < 1.29 is 14.0 Å². The van der Waals surface area contributed by atoms with E-state index in [1.54, 1.807) is 24.3 Å². The van der Waals surface area contributed by atoms with Crippen molar-refractivity contribution in [2.75, 3.05) is 25.5 Å². The third-order valence-corrected chi connectivity index (χ3v) is 4.12. The topological polar surface area (TPSA) is 74.6 Å². The molecule has 2 aromatic rings. The Bertz CT molecular complexity index is 746. The first-order valence-electron chi connectivity index (χ1n) is 8.65. The molecule has 0 unspecified atom stereocenters. The molecular formula is C20H27N3O3. The van der Waals surface area contributed by atoms with Crippen LogP contribution < -0.4 is 10.6 Å². The van der Waals surface area contributed by atoms with Crippen LogP contribution in [0.2, 0.25) is 0 Å². The van der Waals surface area contributed by atoms with E-state index in [9.17, 15) is 9.59 Å². The maximum atomic E-state index is 12.3. The maximum absolute atomic E-state index is 12.3. The van der Waals surface area contributed by atoms with Crippen molar-refractivity contribution in [2.24, 2.45) is 0 Å². The summed E-state index contributed by atoms with van der Waals surface area (Å²) in [5, 5.41) is 5.80. The Balaban J connectivity index is 1.84. The zero-order chi connectivity index (χ0) is 19.3. The molecule has 1 aromatic heterocycles. The SMILES string of the molecule is Cc1cc(C)c(NC(=O)CN(C)CC(=O)N[C@@H](C)c2ccco2)c(C)c1. The molecule has 0 aliphatic carbocycles. The van der Waals surface area contributed by atoms with E-state index in [0.717, 1.165) is 22.4 Å². The summed E-state index contributed by atoms with van der Waals surface area (Å²) >= 11 is 0. The van der Waals surface area contributed by atoms with Gasteiger partial charge in [0, 0.05) is 5.69 Å². The molecule has 2 rings (SSSR count). The summed E-state index contributed by atoms with van der Waals surface area (Å²) in [6, 6.07) is 7.46. The number of furan rings is 1. The number of anilines is 1. The minimum atomic E-state index is -0.211. The number of amides is 2. The molecule has 0 fully saturated rings. The van der Waals surface area contributed by atoms with Gasteiger partial charge in [0.05, 0.1) is 25.4 Å². The van der Waals surface area contributed by atoms with E-state index in [1.165, 1.54) is 0 Å². The Labute approximate surface area is 154 Å². The average molecular weight is 357 g/mol. The van der Waals surface area contributed by atoms with Gasteiger partial charge in [-0.2, -0.15) is 0 Å². The standard InChI is InChI=1S/C20H27N3O3/c1-13-9-14(2)20(15(3)10-13)22-19(25)12-23(5)11-18(24)21-16(4)17-7-6-8-26-17/h6-10,16H,11-12H2,1-5H3,(H,21,24)(H,22,25)/t16-/m0/s1. The van der Waals surface area contributed by atoms with Gasteiger partial charge in [-0.15, -0.1) is 0 Å². The van der Waals surface area contributed by atoms with E-state index in [-0.39, 0.29) is 30.9 Å². The van der Waals surface area contributed by atoms with Crippen LogP contribution in [0.1, 0.15) is 35.4 Å². The summed E-state index contributed by atoms with van der Waals surface area (Å²) in [6.45, 7) is 8.10. The van der Waals surface area contributed by atoms with Crippen LogP contribution in [0.3, 0.4) is 0 Å². The Morgan fingerprint density at radius 1 is 1.12 bits per heavy atom. The molecule has 0 saturated heterocycles. The van der Waals surface area contributed by atoms with Crippen molar-refractivity contribution in [3.63, 3.8) is 0 Å². The molecule has 140 valence electrons. The minimum absolute atomic E-state index is 0.129. The summed E-state index contributed by atoms with van der Waals surface area (Å²) in [5.41, 5.74) is 4.06. The highest BCUT2D eigenvalue weighted by Crippen LogP contribution is 2.21. The second kappa shape index (κ2) is 8.67. The van der Waals surface area contributed by atoms with Gasteiger partial charge in [0.25, 0.3) is 0 Å². The Morgan fingerprint density at radius 2 is 1.73 bits per heavy atom. The van der Waals surface area contributed by atoms with Crippen LogP contribution in [-0.4, -0.2) is 36.9 Å². The molecule has 0 saturated carbocycles. The van der Waals surface area contributed by atoms with Gasteiger partial charge in [-0.25, -0.2) is 0 Å². The number of nitrogens with one attached hydrogen (secondary N) is 2. The van der Waals surface area contributed by atoms with Crippen molar-refractivity contribution >= 4 is 17.5 Å². The lowest BCUT2D eigenvalue weighted by atomic mass is 10.1. The third-order valence-electron chi connectivity index (χ3n) is 4.12. The first-order valence-corrected chi connectivity index (χ1v) is 8.65. The smallest absolute Gasteiger partial charge is 0.238 e. The molecule has 1 heterocycles. The van der Waals surface area contributed by atoms with Crippen LogP contribution in [0.15, 0.2) is 34.9 Å². The van der Waals surface area contributed by atoms with E-state index >= 15 is 0 Å². The molecule has 0 aliphatic heterocycles. The summed E-state index contributed by atoms with van der Waals surface area (Å²) in [6.07, 6.45) is 1.57. The van der Waals surface area contributed by atoms with Crippen LogP contribution in [0.25, 0.3) is 0 Å². The second-order valence-electron chi connectivity index (χ2n) is 6.80. The quantitative estimate of drug-likeness (QED) is 0.799. The number of nitrogens with zero attached hydrogens (tertiary/aromatic N) is 1. The first-order chi connectivity index (χ1) is 12.3. The van der Waals surface area contributed by atoms with E-state index in [1.807, 2.05) is 45.9 Å². The van der Waals surface area contributed by atoms with Crippen molar-refractivity contribution in [1.29, 1.82) is 0 Å². The van der Waals surface area contributed by atoms with Gasteiger partial charge in [0.15, 0.2) is 0 Å². The van der Waals surface area contributed by atoms with Crippen molar-refractivity contribution in [3.05, 3.63) is 53.0 Å². The molecule has 0 spiro atoms. The molecule has 6 heteroatoms. The molecule has 26 heavy (non-hydrogen) atoms. The first kappa shape index (κ1) is 19.7. The monoisotopic (exact) mass is 357 g/mol. The van der Waals surface area contributed by atoms with Crippen LogP contribution in [0.5, 0.6) is 0 Å². The lowest BCUT2D eigenvalue weighted by Gasteiger charge is -2.19. The fraction of sp³-hybridized carbons (Fsp3) is 0.400. The number of benzene rings is 1. The fourth-order valence-corrected chi connectivity index (χ4v) is 3.00. The Kier molecular flexibility index (Phi) is 6.58. The van der Waals surface area contributed by atoms with Gasteiger partial charge in [-0.3, -0.25) is 14.5 Å². The highest BCUT2D eigenvalue weighted by Gasteiger charge is 2.16. The Hall–Kier alpha value is -2.60. The maximum Gasteiger partial charge on any atom is 0.238 e. The number of carbonyl (C=O) groups excluding carboxylic acids is 2. The van der Waals surface area contributed by atoms with Crippen LogP contribution in [0, 0.1) is 20.8 Å². The zero-order valence-corrected chi connectivity index (χ0v) is 16.1. The van der Waals surface area contributed by atoms with E-state index in [4.69, 9.17) is 4.42 Å². The summed E-state index contributed by atoms with van der Waals surface area (Å²) in [4.78, 5) is 26.1. The molecule has 0 bridgehead atoms. The predicted molar refractivity (Wildman–Crippen MR) is 102 cm³/mol. The molecule has 0 aliphatic rings. The van der Waals surface area contributed by atoms with Gasteiger partial charge in [0.2, 0.25) is 11.8 Å². The zero-order valence-electron chi connectivity index (χ0n) is 16.1. The van der Waals surface area contributed by atoms with Crippen LogP contribution in [-0.2, 0) is 9.59 Å². The van der Waals surface area contributed by atoms with Gasteiger partial charge < -0.3 is 15.1 Å². The lowest BCUT2D eigenvalue weighted by molar-refractivity contribution is -0.123. The third kappa shape index (κ3) is 5.46. The average Bonchev–Trinajstić information content (AvgIpc) is 3.04. The molecule has 6 nitrogen and oxygen atoms in total.